The quantitative estimate of drug-likeness (QED) is 0.568. The zero-order chi connectivity index (χ0) is 7.28. The van der Waals surface area contributed by atoms with Crippen LogP contribution in [0.4, 0.5) is 0 Å². The fourth-order valence-corrected chi connectivity index (χ4v) is 0.857. The highest BCUT2D eigenvalue weighted by Crippen LogP contribution is 2.07. The first-order chi connectivity index (χ1) is 4.26. The van der Waals surface area contributed by atoms with Gasteiger partial charge in [-0.3, -0.25) is 0 Å². The SMILES string of the molecule is CCC(OC)C(Cl)C#N. The van der Waals surface area contributed by atoms with Crippen molar-refractivity contribution < 1.29 is 4.74 Å². The number of nitrogens with zero attached hydrogens (tertiary/aromatic N) is 1. The van der Waals surface area contributed by atoms with Gasteiger partial charge in [0.05, 0.1) is 12.2 Å². The van der Waals surface area contributed by atoms with Gasteiger partial charge in [0, 0.05) is 7.11 Å². The molecule has 0 saturated carbocycles. The molecule has 0 aliphatic heterocycles. The van der Waals surface area contributed by atoms with E-state index in [0.29, 0.717) is 0 Å². The molecule has 9 heavy (non-hydrogen) atoms. The number of halogens is 1. The minimum Gasteiger partial charge on any atom is -0.379 e. The fraction of sp³-hybridized carbons (Fsp3) is 0.833. The Labute approximate surface area is 60.4 Å². The number of methoxy groups -OCH3 is 1. The van der Waals surface area contributed by atoms with E-state index in [1.165, 1.54) is 0 Å². The Hall–Kier alpha value is -0.260. The summed E-state index contributed by atoms with van der Waals surface area (Å²) in [6, 6.07) is 1.91. The molecule has 0 aromatic carbocycles. The third-order valence-electron chi connectivity index (χ3n) is 1.15. The molecule has 0 aromatic rings. The van der Waals surface area contributed by atoms with Crippen LogP contribution < -0.4 is 0 Å². The summed E-state index contributed by atoms with van der Waals surface area (Å²) in [5, 5.41) is 7.79. The second-order valence-electron chi connectivity index (χ2n) is 1.71. The molecular weight excluding hydrogens is 138 g/mol. The average Bonchev–Trinajstić information content (AvgIpc) is 1.90. The minimum atomic E-state index is -0.514. The van der Waals surface area contributed by atoms with Gasteiger partial charge in [-0.05, 0) is 6.42 Å². The van der Waals surface area contributed by atoms with E-state index in [2.05, 4.69) is 0 Å². The summed E-state index contributed by atoms with van der Waals surface area (Å²) >= 11 is 5.55. The second-order valence-corrected chi connectivity index (χ2v) is 2.18. The molecule has 0 radical (unpaired) electrons. The first-order valence-electron chi connectivity index (χ1n) is 2.82. The van der Waals surface area contributed by atoms with Crippen LogP contribution >= 0.6 is 11.6 Å². The molecule has 2 unspecified atom stereocenters. The van der Waals surface area contributed by atoms with Gasteiger partial charge in [-0.1, -0.05) is 6.92 Å². The van der Waals surface area contributed by atoms with Gasteiger partial charge < -0.3 is 4.74 Å². The standard InChI is InChI=1S/C6H10ClNO/c1-3-6(9-2)5(7)4-8/h5-6H,3H2,1-2H3. The molecule has 0 amide bonds. The molecule has 2 nitrogen and oxygen atoms in total. The normalized spacial score (nSPS) is 16.2. The van der Waals surface area contributed by atoms with Crippen LogP contribution in [0.15, 0.2) is 0 Å². The molecular formula is C6H10ClNO. The molecule has 3 heteroatoms. The van der Waals surface area contributed by atoms with Crippen molar-refractivity contribution in [3.05, 3.63) is 0 Å². The molecule has 0 aliphatic carbocycles. The maximum absolute atomic E-state index is 8.31. The number of nitriles is 1. The van der Waals surface area contributed by atoms with Gasteiger partial charge in [-0.15, -0.1) is 11.6 Å². The van der Waals surface area contributed by atoms with Gasteiger partial charge in [0.15, 0.2) is 0 Å². The van der Waals surface area contributed by atoms with Crippen molar-refractivity contribution in [2.24, 2.45) is 0 Å². The maximum Gasteiger partial charge on any atom is 0.146 e. The highest BCUT2D eigenvalue weighted by molar-refractivity contribution is 6.22. The molecule has 0 aliphatic rings. The van der Waals surface area contributed by atoms with Crippen molar-refractivity contribution in [3.63, 3.8) is 0 Å². The lowest BCUT2D eigenvalue weighted by molar-refractivity contribution is 0.106. The van der Waals surface area contributed by atoms with Gasteiger partial charge in [0.1, 0.15) is 5.38 Å². The summed E-state index contributed by atoms with van der Waals surface area (Å²) < 4.78 is 4.90. The van der Waals surface area contributed by atoms with Crippen molar-refractivity contribution >= 4 is 11.6 Å². The summed E-state index contributed by atoms with van der Waals surface area (Å²) in [5.74, 6) is 0. The Morgan fingerprint density at radius 2 is 2.33 bits per heavy atom. The summed E-state index contributed by atoms with van der Waals surface area (Å²) in [6.45, 7) is 1.93. The summed E-state index contributed by atoms with van der Waals surface area (Å²) in [4.78, 5) is 0. The van der Waals surface area contributed by atoms with E-state index in [9.17, 15) is 0 Å². The van der Waals surface area contributed by atoms with Crippen LogP contribution in [0.2, 0.25) is 0 Å². The zero-order valence-electron chi connectivity index (χ0n) is 5.60. The lowest BCUT2D eigenvalue weighted by Crippen LogP contribution is -2.20. The number of hydrogen-bond acceptors (Lipinski definition) is 2. The molecule has 0 rings (SSSR count). The van der Waals surface area contributed by atoms with Crippen LogP contribution in [0.5, 0.6) is 0 Å². The van der Waals surface area contributed by atoms with Crippen molar-refractivity contribution in [3.8, 4) is 6.07 Å². The number of alkyl halides is 1. The summed E-state index contributed by atoms with van der Waals surface area (Å²) in [6.07, 6.45) is 0.648. The van der Waals surface area contributed by atoms with Gasteiger partial charge in [0.25, 0.3) is 0 Å². The highest BCUT2D eigenvalue weighted by Gasteiger charge is 2.14. The molecule has 0 aromatic heterocycles. The van der Waals surface area contributed by atoms with Crippen LogP contribution in [0.1, 0.15) is 13.3 Å². The van der Waals surface area contributed by atoms with Crippen LogP contribution in [-0.4, -0.2) is 18.6 Å². The Bertz CT molecular complexity index is 106. The van der Waals surface area contributed by atoms with E-state index in [1.54, 1.807) is 7.11 Å². The third kappa shape index (κ3) is 2.69. The topological polar surface area (TPSA) is 33.0 Å². The molecule has 0 spiro atoms. The van der Waals surface area contributed by atoms with Gasteiger partial charge in [-0.2, -0.15) is 5.26 Å². The second kappa shape index (κ2) is 4.60. The molecule has 0 heterocycles. The maximum atomic E-state index is 8.31. The van der Waals surface area contributed by atoms with Crippen LogP contribution in [0, 0.1) is 11.3 Å². The lowest BCUT2D eigenvalue weighted by Gasteiger charge is -2.11. The van der Waals surface area contributed by atoms with E-state index < -0.39 is 5.38 Å². The van der Waals surface area contributed by atoms with Gasteiger partial charge in [0.2, 0.25) is 0 Å². The Balaban J connectivity index is 3.67. The van der Waals surface area contributed by atoms with E-state index in [4.69, 9.17) is 21.6 Å². The predicted molar refractivity (Wildman–Crippen MR) is 36.3 cm³/mol. The van der Waals surface area contributed by atoms with Crippen LogP contribution in [0.3, 0.4) is 0 Å². The lowest BCUT2D eigenvalue weighted by atomic mass is 10.2. The Morgan fingerprint density at radius 1 is 1.78 bits per heavy atom. The molecule has 0 bridgehead atoms. The minimum absolute atomic E-state index is 0.128. The first-order valence-corrected chi connectivity index (χ1v) is 3.26. The molecule has 0 N–H and O–H groups in total. The average molecular weight is 148 g/mol. The molecule has 0 fully saturated rings. The van der Waals surface area contributed by atoms with Crippen molar-refractivity contribution in [2.45, 2.75) is 24.8 Å². The summed E-state index contributed by atoms with van der Waals surface area (Å²) in [5.41, 5.74) is 0. The summed E-state index contributed by atoms with van der Waals surface area (Å²) in [7, 11) is 1.56. The predicted octanol–water partition coefficient (Wildman–Crippen LogP) is 1.54. The smallest absolute Gasteiger partial charge is 0.146 e. The molecule has 2 atom stereocenters. The number of ether oxygens (including phenoxy) is 1. The molecule has 52 valence electrons. The van der Waals surface area contributed by atoms with Crippen molar-refractivity contribution in [1.29, 1.82) is 5.26 Å². The van der Waals surface area contributed by atoms with E-state index in [-0.39, 0.29) is 6.10 Å². The number of rotatable bonds is 3. The van der Waals surface area contributed by atoms with Crippen LogP contribution in [0.25, 0.3) is 0 Å². The first kappa shape index (κ1) is 8.74. The van der Waals surface area contributed by atoms with E-state index in [0.717, 1.165) is 6.42 Å². The third-order valence-corrected chi connectivity index (χ3v) is 1.53. The van der Waals surface area contributed by atoms with Gasteiger partial charge in [-0.25, -0.2) is 0 Å². The largest absolute Gasteiger partial charge is 0.379 e. The van der Waals surface area contributed by atoms with E-state index >= 15 is 0 Å². The Kier molecular flexibility index (Phi) is 4.47. The van der Waals surface area contributed by atoms with E-state index in [1.807, 2.05) is 13.0 Å². The number of hydrogen-bond donors (Lipinski definition) is 0. The van der Waals surface area contributed by atoms with Crippen molar-refractivity contribution in [1.82, 2.24) is 0 Å². The molecule has 0 saturated heterocycles. The van der Waals surface area contributed by atoms with Crippen molar-refractivity contribution in [2.75, 3.05) is 7.11 Å². The van der Waals surface area contributed by atoms with Gasteiger partial charge >= 0.3 is 0 Å². The fourth-order valence-electron chi connectivity index (χ4n) is 0.576. The highest BCUT2D eigenvalue weighted by atomic mass is 35.5. The monoisotopic (exact) mass is 147 g/mol. The zero-order valence-corrected chi connectivity index (χ0v) is 6.35. The van der Waals surface area contributed by atoms with Crippen LogP contribution in [-0.2, 0) is 4.74 Å². The Morgan fingerprint density at radius 3 is 2.44 bits per heavy atom.